The Morgan fingerprint density at radius 3 is 2.67 bits per heavy atom. The minimum atomic E-state index is -1.06. The summed E-state index contributed by atoms with van der Waals surface area (Å²) in [6.07, 6.45) is -0.112. The number of likely N-dealkylation sites (tertiary alicyclic amines) is 1. The highest BCUT2D eigenvalue weighted by Crippen LogP contribution is 2.42. The van der Waals surface area contributed by atoms with E-state index < -0.39 is 24.5 Å². The first-order valence-electron chi connectivity index (χ1n) is 13.8. The first kappa shape index (κ1) is 29.1. The monoisotopic (exact) mass is 703 g/mol. The lowest BCUT2D eigenvalue weighted by Crippen LogP contribution is -2.34. The van der Waals surface area contributed by atoms with Crippen molar-refractivity contribution in [2.24, 2.45) is 7.05 Å². The van der Waals surface area contributed by atoms with E-state index in [2.05, 4.69) is 64.6 Å². The number of imidazole rings is 1. The number of hydrogen-bond donors (Lipinski definition) is 2. The number of tetrazole rings is 1. The minimum absolute atomic E-state index is 0.166. The molecular formula is C26H30IN11O5. The van der Waals surface area contributed by atoms with E-state index >= 15 is 0 Å². The van der Waals surface area contributed by atoms with Gasteiger partial charge in [-0.3, -0.25) is 14.2 Å². The lowest BCUT2D eigenvalue weighted by Gasteiger charge is -2.21. The van der Waals surface area contributed by atoms with Crippen LogP contribution in [0.2, 0.25) is 0 Å². The number of nitrogens with zero attached hydrogens (tertiary/aromatic N) is 9. The van der Waals surface area contributed by atoms with E-state index in [1.54, 1.807) is 11.6 Å². The number of aryl methyl sites for hydroxylation is 1. The topological polar surface area (TPSA) is 176 Å². The molecule has 2 aliphatic heterocycles. The molecule has 2 N–H and O–H groups in total. The van der Waals surface area contributed by atoms with E-state index in [1.165, 1.54) is 24.0 Å². The van der Waals surface area contributed by atoms with Crippen LogP contribution in [0.1, 0.15) is 36.6 Å². The largest absolute Gasteiger partial charge is 0.457 e. The lowest BCUT2D eigenvalue weighted by molar-refractivity contribution is -0.151. The minimum Gasteiger partial charge on any atom is -0.457 e. The molecule has 43 heavy (non-hydrogen) atoms. The standard InChI is InChI=1S/C26H30IN11O5/c1-36-34-23(33-35-36)20-19(41-14-39)21(42-15-40)25(43-20)38-13-30-18-22(29-12-16-5-4-6-17(27)11-16)31-26(32-24(18)38)28-7-10-37-8-2-3-9-37/h4-6,11,13-15,19-21,25H,2-3,7-10,12H2,1H3,(H2,28,29,31,32)/t19-,20+,21-,25-/m1/s1. The molecule has 4 atom stereocenters. The van der Waals surface area contributed by atoms with Gasteiger partial charge in [-0.05, 0) is 71.4 Å². The van der Waals surface area contributed by atoms with Gasteiger partial charge in [-0.2, -0.15) is 14.8 Å². The van der Waals surface area contributed by atoms with Crippen molar-refractivity contribution in [3.8, 4) is 0 Å². The summed E-state index contributed by atoms with van der Waals surface area (Å²) >= 11 is 2.28. The van der Waals surface area contributed by atoms with Crippen molar-refractivity contribution in [3.05, 3.63) is 45.6 Å². The average molecular weight is 704 g/mol. The van der Waals surface area contributed by atoms with Crippen LogP contribution in [-0.4, -0.2) is 96.0 Å². The van der Waals surface area contributed by atoms with Crippen molar-refractivity contribution in [1.82, 2.24) is 44.6 Å². The summed E-state index contributed by atoms with van der Waals surface area (Å²) in [5.41, 5.74) is 1.98. The molecule has 0 unspecified atom stereocenters. The number of rotatable bonds is 13. The summed E-state index contributed by atoms with van der Waals surface area (Å²) < 4.78 is 19.8. The maximum absolute atomic E-state index is 11.6. The number of hydrogen-bond acceptors (Lipinski definition) is 14. The summed E-state index contributed by atoms with van der Waals surface area (Å²) in [5.74, 6) is 1.08. The molecule has 2 aliphatic rings. The number of halogens is 1. The molecule has 2 fully saturated rings. The highest BCUT2D eigenvalue weighted by atomic mass is 127. The van der Waals surface area contributed by atoms with E-state index in [1.807, 2.05) is 18.2 Å². The summed E-state index contributed by atoms with van der Waals surface area (Å²) in [7, 11) is 1.60. The number of aromatic nitrogens is 8. The molecule has 1 aromatic carbocycles. The predicted octanol–water partition coefficient (Wildman–Crippen LogP) is 1.43. The summed E-state index contributed by atoms with van der Waals surface area (Å²) in [5, 5.41) is 18.8. The van der Waals surface area contributed by atoms with E-state index in [9.17, 15) is 9.59 Å². The summed E-state index contributed by atoms with van der Waals surface area (Å²) in [4.78, 5) is 40.8. The molecule has 4 aromatic rings. The quantitative estimate of drug-likeness (QED) is 0.151. The Balaban J connectivity index is 1.35. The van der Waals surface area contributed by atoms with E-state index in [0.717, 1.165) is 28.8 Å². The number of benzene rings is 1. The van der Waals surface area contributed by atoms with Gasteiger partial charge in [0.1, 0.15) is 0 Å². The summed E-state index contributed by atoms with van der Waals surface area (Å²) in [6, 6.07) is 8.14. The zero-order valence-electron chi connectivity index (χ0n) is 23.2. The van der Waals surface area contributed by atoms with E-state index in [-0.39, 0.29) is 18.8 Å². The molecule has 6 rings (SSSR count). The second-order valence-corrected chi connectivity index (χ2v) is 11.4. The van der Waals surface area contributed by atoms with Crippen molar-refractivity contribution in [2.45, 2.75) is 43.9 Å². The Labute approximate surface area is 259 Å². The van der Waals surface area contributed by atoms with Crippen LogP contribution < -0.4 is 10.6 Å². The number of carbonyl (C=O) groups excluding carboxylic acids is 2. The van der Waals surface area contributed by atoms with Crippen LogP contribution in [0.3, 0.4) is 0 Å². The zero-order valence-corrected chi connectivity index (χ0v) is 25.4. The second kappa shape index (κ2) is 13.1. The normalized spacial score (nSPS) is 22.1. The van der Waals surface area contributed by atoms with Crippen LogP contribution in [0.15, 0.2) is 30.6 Å². The van der Waals surface area contributed by atoms with Gasteiger partial charge in [0.05, 0.1) is 13.4 Å². The fourth-order valence-electron chi connectivity index (χ4n) is 5.38. The molecule has 16 nitrogen and oxygen atoms in total. The van der Waals surface area contributed by atoms with Gasteiger partial charge in [-0.25, -0.2) is 4.98 Å². The summed E-state index contributed by atoms with van der Waals surface area (Å²) in [6.45, 7) is 4.74. The molecule has 0 radical (unpaired) electrons. The van der Waals surface area contributed by atoms with Crippen molar-refractivity contribution >= 4 is 58.5 Å². The third-order valence-electron chi connectivity index (χ3n) is 7.35. The maximum Gasteiger partial charge on any atom is 0.293 e. The van der Waals surface area contributed by atoms with Gasteiger partial charge in [0.2, 0.25) is 11.8 Å². The van der Waals surface area contributed by atoms with Crippen LogP contribution in [-0.2, 0) is 37.4 Å². The van der Waals surface area contributed by atoms with E-state index in [0.29, 0.717) is 36.0 Å². The van der Waals surface area contributed by atoms with Gasteiger partial charge in [0.25, 0.3) is 12.9 Å². The fourth-order valence-corrected chi connectivity index (χ4v) is 5.98. The van der Waals surface area contributed by atoms with Crippen LogP contribution in [0, 0.1) is 3.57 Å². The molecule has 0 spiro atoms. The van der Waals surface area contributed by atoms with Gasteiger partial charge in [-0.15, -0.1) is 10.2 Å². The van der Waals surface area contributed by atoms with Gasteiger partial charge in [-0.1, -0.05) is 12.1 Å². The Hall–Kier alpha value is -3.97. The Morgan fingerprint density at radius 1 is 1.12 bits per heavy atom. The SMILES string of the molecule is Cn1nnc([C@H]2O[C@@H](n3cnc4c(NCc5cccc(I)c5)nc(NCCN5CCCC5)nc43)[C@H](OC=O)[C@@H]2OC=O)n1. The Bertz CT molecular complexity index is 1580. The van der Waals surface area contributed by atoms with E-state index in [4.69, 9.17) is 24.2 Å². The van der Waals surface area contributed by atoms with Gasteiger partial charge < -0.3 is 29.7 Å². The average Bonchev–Trinajstić information content (AvgIpc) is 3.81. The molecule has 0 saturated carbocycles. The molecule has 0 aliphatic carbocycles. The second-order valence-electron chi connectivity index (χ2n) is 10.2. The number of anilines is 2. The Kier molecular flexibility index (Phi) is 8.89. The van der Waals surface area contributed by atoms with Crippen molar-refractivity contribution in [1.29, 1.82) is 0 Å². The molecule has 226 valence electrons. The third kappa shape index (κ3) is 6.37. The van der Waals surface area contributed by atoms with Gasteiger partial charge >= 0.3 is 0 Å². The van der Waals surface area contributed by atoms with Gasteiger partial charge in [0, 0.05) is 23.2 Å². The zero-order chi connectivity index (χ0) is 29.8. The molecule has 0 bridgehead atoms. The number of nitrogens with one attached hydrogen (secondary N) is 2. The Morgan fingerprint density at radius 2 is 1.93 bits per heavy atom. The molecule has 3 aromatic heterocycles. The highest BCUT2D eigenvalue weighted by Gasteiger charge is 2.52. The number of carbonyl (C=O) groups is 2. The maximum atomic E-state index is 11.6. The fraction of sp³-hybridized carbons (Fsp3) is 0.462. The lowest BCUT2D eigenvalue weighted by atomic mass is 10.1. The van der Waals surface area contributed by atoms with Crippen LogP contribution >= 0.6 is 22.6 Å². The first-order chi connectivity index (χ1) is 21.0. The third-order valence-corrected chi connectivity index (χ3v) is 8.02. The van der Waals surface area contributed by atoms with Gasteiger partial charge in [0.15, 0.2) is 41.5 Å². The first-order valence-corrected chi connectivity index (χ1v) is 14.9. The van der Waals surface area contributed by atoms with Crippen molar-refractivity contribution in [3.63, 3.8) is 0 Å². The molecular weight excluding hydrogens is 673 g/mol. The van der Waals surface area contributed by atoms with Crippen LogP contribution in [0.25, 0.3) is 11.2 Å². The highest BCUT2D eigenvalue weighted by molar-refractivity contribution is 14.1. The molecule has 5 heterocycles. The molecule has 17 heteroatoms. The number of fused-ring (bicyclic) bond motifs is 1. The number of ether oxygens (including phenoxy) is 3. The molecule has 2 saturated heterocycles. The van der Waals surface area contributed by atoms with Crippen molar-refractivity contribution < 1.29 is 23.8 Å². The predicted molar refractivity (Wildman–Crippen MR) is 160 cm³/mol. The smallest absolute Gasteiger partial charge is 0.293 e. The van der Waals surface area contributed by atoms with Crippen LogP contribution in [0.5, 0.6) is 0 Å². The van der Waals surface area contributed by atoms with Crippen LogP contribution in [0.4, 0.5) is 11.8 Å². The van der Waals surface area contributed by atoms with Crippen molar-refractivity contribution in [2.75, 3.05) is 36.8 Å². The molecule has 0 amide bonds.